The van der Waals surface area contributed by atoms with E-state index in [9.17, 15) is 4.79 Å². The fourth-order valence-electron chi connectivity index (χ4n) is 1.34. The van der Waals surface area contributed by atoms with E-state index in [0.29, 0.717) is 11.6 Å². The van der Waals surface area contributed by atoms with Gasteiger partial charge in [-0.3, -0.25) is 0 Å². The molecule has 2 aromatic heterocycles. The largest absolute Gasteiger partial charge is 0.476 e. The van der Waals surface area contributed by atoms with Crippen molar-refractivity contribution >= 4 is 17.7 Å². The van der Waals surface area contributed by atoms with E-state index in [1.165, 1.54) is 6.33 Å². The summed E-state index contributed by atoms with van der Waals surface area (Å²) in [5.41, 5.74) is 0.119. The summed E-state index contributed by atoms with van der Waals surface area (Å²) >= 11 is 1.70. The van der Waals surface area contributed by atoms with E-state index in [0.717, 1.165) is 12.2 Å². The quantitative estimate of drug-likeness (QED) is 0.769. The van der Waals surface area contributed by atoms with Crippen molar-refractivity contribution in [3.05, 3.63) is 17.8 Å². The third kappa shape index (κ3) is 2.70. The molecular weight excluding hydrogens is 256 g/mol. The SMILES string of the molecule is CCCSCc1noc(-c2[nH]cnc2C(=O)O)n1. The summed E-state index contributed by atoms with van der Waals surface area (Å²) in [5, 5.41) is 12.7. The van der Waals surface area contributed by atoms with E-state index in [2.05, 4.69) is 27.0 Å². The number of rotatable bonds is 6. The van der Waals surface area contributed by atoms with Crippen LogP contribution in [0.15, 0.2) is 10.9 Å². The van der Waals surface area contributed by atoms with Crippen molar-refractivity contribution in [3.8, 4) is 11.6 Å². The second-order valence-corrected chi connectivity index (χ2v) is 4.60. The zero-order valence-electron chi connectivity index (χ0n) is 9.71. The van der Waals surface area contributed by atoms with Gasteiger partial charge in [0.2, 0.25) is 0 Å². The van der Waals surface area contributed by atoms with Crippen molar-refractivity contribution in [1.82, 2.24) is 20.1 Å². The fourth-order valence-corrected chi connectivity index (χ4v) is 2.07. The Bertz CT molecular complexity index is 537. The van der Waals surface area contributed by atoms with Crippen LogP contribution in [0.4, 0.5) is 0 Å². The van der Waals surface area contributed by atoms with Gasteiger partial charge in [0.15, 0.2) is 11.5 Å². The van der Waals surface area contributed by atoms with Crippen LogP contribution in [0.25, 0.3) is 11.6 Å². The van der Waals surface area contributed by atoms with Gasteiger partial charge in [0.05, 0.1) is 12.1 Å². The van der Waals surface area contributed by atoms with Crippen LogP contribution in [-0.2, 0) is 5.75 Å². The predicted octanol–water partition coefficient (Wildman–Crippen LogP) is 1.80. The van der Waals surface area contributed by atoms with Crippen molar-refractivity contribution in [2.45, 2.75) is 19.1 Å². The first-order valence-corrected chi connectivity index (χ1v) is 6.55. The van der Waals surface area contributed by atoms with Crippen molar-refractivity contribution in [2.75, 3.05) is 5.75 Å². The monoisotopic (exact) mass is 268 g/mol. The van der Waals surface area contributed by atoms with Crippen LogP contribution >= 0.6 is 11.8 Å². The van der Waals surface area contributed by atoms with Gasteiger partial charge >= 0.3 is 5.97 Å². The van der Waals surface area contributed by atoms with Crippen molar-refractivity contribution in [2.24, 2.45) is 0 Å². The summed E-state index contributed by atoms with van der Waals surface area (Å²) in [5.74, 6) is 1.24. The Balaban J connectivity index is 2.14. The van der Waals surface area contributed by atoms with Crippen molar-refractivity contribution < 1.29 is 14.4 Å². The molecule has 0 aliphatic carbocycles. The molecule has 96 valence electrons. The van der Waals surface area contributed by atoms with E-state index in [1.807, 2.05) is 0 Å². The molecular formula is C10H12N4O3S. The molecule has 0 aliphatic rings. The average molecular weight is 268 g/mol. The van der Waals surface area contributed by atoms with Gasteiger partial charge in [0, 0.05) is 0 Å². The van der Waals surface area contributed by atoms with E-state index < -0.39 is 5.97 Å². The molecule has 8 heteroatoms. The molecule has 0 atom stereocenters. The number of nitrogens with zero attached hydrogens (tertiary/aromatic N) is 3. The number of nitrogens with one attached hydrogen (secondary N) is 1. The third-order valence-electron chi connectivity index (χ3n) is 2.10. The van der Waals surface area contributed by atoms with Crippen LogP contribution < -0.4 is 0 Å². The number of thioether (sulfide) groups is 1. The first-order valence-electron chi connectivity index (χ1n) is 5.39. The second kappa shape index (κ2) is 5.67. The fraction of sp³-hybridized carbons (Fsp3) is 0.400. The van der Waals surface area contributed by atoms with Crippen LogP contribution in [0, 0.1) is 0 Å². The smallest absolute Gasteiger partial charge is 0.356 e. The maximum atomic E-state index is 10.9. The maximum absolute atomic E-state index is 10.9. The molecule has 18 heavy (non-hydrogen) atoms. The molecule has 0 aliphatic heterocycles. The number of hydrogen-bond donors (Lipinski definition) is 2. The van der Waals surface area contributed by atoms with E-state index in [1.54, 1.807) is 11.8 Å². The first kappa shape index (κ1) is 12.6. The minimum absolute atomic E-state index is 0.119. The van der Waals surface area contributed by atoms with E-state index >= 15 is 0 Å². The first-order chi connectivity index (χ1) is 8.72. The van der Waals surface area contributed by atoms with Gasteiger partial charge in [-0.2, -0.15) is 16.7 Å². The van der Waals surface area contributed by atoms with Crippen LogP contribution in [0.2, 0.25) is 0 Å². The van der Waals surface area contributed by atoms with Gasteiger partial charge in [-0.25, -0.2) is 9.78 Å². The standard InChI is InChI=1S/C10H12N4O3S/c1-2-3-18-4-6-13-9(17-14-6)7-8(10(15)16)12-5-11-7/h5H,2-4H2,1H3,(H,11,12)(H,15,16). The second-order valence-electron chi connectivity index (χ2n) is 3.50. The maximum Gasteiger partial charge on any atom is 0.356 e. The summed E-state index contributed by atoms with van der Waals surface area (Å²) in [7, 11) is 0. The summed E-state index contributed by atoms with van der Waals surface area (Å²) in [6.07, 6.45) is 2.37. The predicted molar refractivity (Wildman–Crippen MR) is 65.3 cm³/mol. The molecule has 0 spiro atoms. The third-order valence-corrected chi connectivity index (χ3v) is 3.26. The van der Waals surface area contributed by atoms with Crippen molar-refractivity contribution in [3.63, 3.8) is 0 Å². The Morgan fingerprint density at radius 1 is 1.61 bits per heavy atom. The van der Waals surface area contributed by atoms with Crippen LogP contribution in [0.3, 0.4) is 0 Å². The lowest BCUT2D eigenvalue weighted by molar-refractivity contribution is 0.0691. The number of hydrogen-bond acceptors (Lipinski definition) is 6. The number of H-pyrrole nitrogens is 1. The number of aromatic carboxylic acids is 1. The van der Waals surface area contributed by atoms with Gasteiger partial charge in [0.1, 0.15) is 5.69 Å². The van der Waals surface area contributed by atoms with Crippen LogP contribution in [0.5, 0.6) is 0 Å². The minimum atomic E-state index is -1.13. The number of aromatic amines is 1. The highest BCUT2D eigenvalue weighted by Crippen LogP contribution is 2.19. The molecule has 2 N–H and O–H groups in total. The molecule has 0 radical (unpaired) electrons. The number of carbonyl (C=O) groups is 1. The molecule has 2 heterocycles. The number of imidazole rings is 1. The van der Waals surface area contributed by atoms with E-state index in [-0.39, 0.29) is 17.3 Å². The van der Waals surface area contributed by atoms with Gasteiger partial charge in [-0.15, -0.1) is 0 Å². The Hall–Kier alpha value is -1.83. The molecule has 0 aromatic carbocycles. The highest BCUT2D eigenvalue weighted by atomic mass is 32.2. The molecule has 0 bridgehead atoms. The minimum Gasteiger partial charge on any atom is -0.476 e. The Morgan fingerprint density at radius 3 is 3.17 bits per heavy atom. The van der Waals surface area contributed by atoms with Gasteiger partial charge in [-0.05, 0) is 12.2 Å². The molecule has 7 nitrogen and oxygen atoms in total. The highest BCUT2D eigenvalue weighted by Gasteiger charge is 2.19. The molecule has 0 saturated heterocycles. The van der Waals surface area contributed by atoms with Gasteiger partial charge < -0.3 is 14.6 Å². The van der Waals surface area contributed by atoms with E-state index in [4.69, 9.17) is 9.63 Å². The summed E-state index contributed by atoms with van der Waals surface area (Å²) in [4.78, 5) is 21.4. The zero-order valence-corrected chi connectivity index (χ0v) is 10.5. The zero-order chi connectivity index (χ0) is 13.0. The van der Waals surface area contributed by atoms with Gasteiger partial charge in [-0.1, -0.05) is 12.1 Å². The number of aromatic nitrogens is 4. The topological polar surface area (TPSA) is 105 Å². The van der Waals surface area contributed by atoms with Crippen molar-refractivity contribution in [1.29, 1.82) is 0 Å². The molecule has 0 unspecified atom stereocenters. The molecule has 0 saturated carbocycles. The highest BCUT2D eigenvalue weighted by molar-refractivity contribution is 7.98. The normalized spacial score (nSPS) is 10.7. The Kier molecular flexibility index (Phi) is 3.98. The van der Waals surface area contributed by atoms with Gasteiger partial charge in [0.25, 0.3) is 5.89 Å². The lowest BCUT2D eigenvalue weighted by Crippen LogP contribution is -1.99. The van der Waals surface area contributed by atoms with Crippen LogP contribution in [0.1, 0.15) is 29.7 Å². The molecule has 2 rings (SSSR count). The summed E-state index contributed by atoms with van der Waals surface area (Å²) < 4.78 is 5.02. The van der Waals surface area contributed by atoms with Crippen LogP contribution in [-0.4, -0.2) is 36.9 Å². The molecule has 2 aromatic rings. The lowest BCUT2D eigenvalue weighted by Gasteiger charge is -1.92. The number of carboxylic acids is 1. The molecule has 0 amide bonds. The molecule has 0 fully saturated rings. The average Bonchev–Trinajstić information content (AvgIpc) is 2.96. The lowest BCUT2D eigenvalue weighted by atomic mass is 10.3. The Labute approximate surface area is 107 Å². The summed E-state index contributed by atoms with van der Waals surface area (Å²) in [6.45, 7) is 2.10. The summed E-state index contributed by atoms with van der Waals surface area (Å²) in [6, 6.07) is 0. The Morgan fingerprint density at radius 2 is 2.44 bits per heavy atom. The number of carboxylic acid groups (broad SMARTS) is 1.